The van der Waals surface area contributed by atoms with Crippen LogP contribution in [0.2, 0.25) is 0 Å². The number of hydrogen-bond donors (Lipinski definition) is 1. The predicted molar refractivity (Wildman–Crippen MR) is 69.8 cm³/mol. The first-order valence-corrected chi connectivity index (χ1v) is 6.54. The number of carbonyl (C=O) groups excluding carboxylic acids is 1. The Morgan fingerprint density at radius 1 is 1.18 bits per heavy atom. The molecule has 1 amide bonds. The number of hydrogen-bond acceptors (Lipinski definition) is 2. The van der Waals surface area contributed by atoms with Crippen molar-refractivity contribution >= 4 is 5.91 Å². The summed E-state index contributed by atoms with van der Waals surface area (Å²) in [4.78, 5) is 12.1. The third kappa shape index (κ3) is 3.98. The van der Waals surface area contributed by atoms with Crippen LogP contribution in [-0.2, 0) is 9.53 Å². The van der Waals surface area contributed by atoms with Crippen molar-refractivity contribution in [2.24, 2.45) is 10.8 Å². The third-order valence-corrected chi connectivity index (χ3v) is 3.24. The van der Waals surface area contributed by atoms with Gasteiger partial charge < -0.3 is 10.1 Å². The van der Waals surface area contributed by atoms with Crippen LogP contribution in [0.5, 0.6) is 0 Å². The van der Waals surface area contributed by atoms with Gasteiger partial charge in [0.2, 0.25) is 5.91 Å². The van der Waals surface area contributed by atoms with Crippen molar-refractivity contribution < 1.29 is 9.53 Å². The van der Waals surface area contributed by atoms with Gasteiger partial charge >= 0.3 is 0 Å². The molecule has 1 aliphatic heterocycles. The molecule has 0 radical (unpaired) electrons. The fourth-order valence-corrected chi connectivity index (χ4v) is 2.75. The van der Waals surface area contributed by atoms with Crippen LogP contribution in [0, 0.1) is 10.8 Å². The molecular formula is C14H27NO2. The second-order valence-electron chi connectivity index (χ2n) is 7.18. The zero-order valence-electron chi connectivity index (χ0n) is 12.1. The van der Waals surface area contributed by atoms with Crippen molar-refractivity contribution in [3.8, 4) is 0 Å². The summed E-state index contributed by atoms with van der Waals surface area (Å²) in [7, 11) is 0. The molecule has 0 bridgehead atoms. The average molecular weight is 241 g/mol. The minimum Gasteiger partial charge on any atom is -0.368 e. The predicted octanol–water partition coefficient (Wildman–Crippen LogP) is 2.74. The first kappa shape index (κ1) is 14.5. The van der Waals surface area contributed by atoms with E-state index in [2.05, 4.69) is 46.9 Å². The summed E-state index contributed by atoms with van der Waals surface area (Å²) in [6.45, 7) is 13.7. The Balaban J connectivity index is 2.70. The Kier molecular flexibility index (Phi) is 4.23. The molecule has 100 valence electrons. The second-order valence-corrected chi connectivity index (χ2v) is 7.18. The van der Waals surface area contributed by atoms with Crippen LogP contribution in [0.3, 0.4) is 0 Å². The van der Waals surface area contributed by atoms with E-state index in [-0.39, 0.29) is 28.9 Å². The molecule has 1 heterocycles. The molecule has 0 saturated carbocycles. The molecule has 3 nitrogen and oxygen atoms in total. The Hall–Kier alpha value is -0.570. The smallest absolute Gasteiger partial charge is 0.249 e. The number of nitrogens with one attached hydrogen (secondary N) is 1. The Labute approximate surface area is 105 Å². The van der Waals surface area contributed by atoms with Gasteiger partial charge in [0.05, 0.1) is 0 Å². The molecule has 0 aromatic heterocycles. The summed E-state index contributed by atoms with van der Waals surface area (Å²) in [6.07, 6.45) is 1.61. The molecule has 0 aliphatic carbocycles. The van der Waals surface area contributed by atoms with Crippen LogP contribution < -0.4 is 5.32 Å². The van der Waals surface area contributed by atoms with Gasteiger partial charge in [-0.1, -0.05) is 41.5 Å². The average Bonchev–Trinajstić information content (AvgIpc) is 2.62. The van der Waals surface area contributed by atoms with Gasteiger partial charge in [0.1, 0.15) is 6.10 Å². The van der Waals surface area contributed by atoms with Crippen molar-refractivity contribution in [2.45, 2.75) is 66.5 Å². The standard InChI is InChI=1S/C14H27NO2/c1-13(2,3)12(14(4,5)6)15-11(16)10-8-7-9-17-10/h10,12H,7-9H2,1-6H3,(H,15,16). The normalized spacial score (nSPS) is 21.9. The monoisotopic (exact) mass is 241 g/mol. The zero-order chi connectivity index (χ0) is 13.3. The third-order valence-electron chi connectivity index (χ3n) is 3.24. The molecule has 3 heteroatoms. The Morgan fingerprint density at radius 3 is 2.06 bits per heavy atom. The minimum absolute atomic E-state index is 0.0481. The van der Waals surface area contributed by atoms with Gasteiger partial charge in [0.25, 0.3) is 0 Å². The highest BCUT2D eigenvalue weighted by Gasteiger charge is 2.37. The first-order chi connectivity index (χ1) is 7.62. The summed E-state index contributed by atoms with van der Waals surface area (Å²) >= 11 is 0. The summed E-state index contributed by atoms with van der Waals surface area (Å²) in [5, 5.41) is 3.17. The van der Waals surface area contributed by atoms with E-state index >= 15 is 0 Å². The lowest BCUT2D eigenvalue weighted by atomic mass is 9.72. The molecule has 0 aromatic rings. The maximum absolute atomic E-state index is 12.1. The van der Waals surface area contributed by atoms with Gasteiger partial charge in [-0.15, -0.1) is 0 Å². The largest absolute Gasteiger partial charge is 0.368 e. The highest BCUT2D eigenvalue weighted by Crippen LogP contribution is 2.33. The van der Waals surface area contributed by atoms with Crippen molar-refractivity contribution in [1.29, 1.82) is 0 Å². The van der Waals surface area contributed by atoms with E-state index in [1.165, 1.54) is 0 Å². The molecule has 0 aromatic carbocycles. The molecular weight excluding hydrogens is 214 g/mol. The van der Waals surface area contributed by atoms with Gasteiger partial charge in [-0.25, -0.2) is 0 Å². The van der Waals surface area contributed by atoms with E-state index in [1.807, 2.05) is 0 Å². The SMILES string of the molecule is CC(C)(C)C(NC(=O)C1CCCO1)C(C)(C)C. The molecule has 1 N–H and O–H groups in total. The van der Waals surface area contributed by atoms with Crippen LogP contribution in [-0.4, -0.2) is 24.7 Å². The quantitative estimate of drug-likeness (QED) is 0.807. The zero-order valence-corrected chi connectivity index (χ0v) is 12.1. The van der Waals surface area contributed by atoms with Gasteiger partial charge in [0, 0.05) is 12.6 Å². The molecule has 1 rings (SSSR count). The maximum atomic E-state index is 12.1. The number of carbonyl (C=O) groups is 1. The lowest BCUT2D eigenvalue weighted by Crippen LogP contribution is -2.53. The number of ether oxygens (including phenoxy) is 1. The summed E-state index contributed by atoms with van der Waals surface area (Å²) in [5.41, 5.74) is 0.0963. The van der Waals surface area contributed by atoms with Crippen molar-refractivity contribution in [2.75, 3.05) is 6.61 Å². The lowest BCUT2D eigenvalue weighted by molar-refractivity contribution is -0.132. The highest BCUT2D eigenvalue weighted by molar-refractivity contribution is 5.81. The minimum atomic E-state index is -0.234. The van der Waals surface area contributed by atoms with E-state index in [0.29, 0.717) is 6.61 Å². The van der Waals surface area contributed by atoms with E-state index in [1.54, 1.807) is 0 Å². The first-order valence-electron chi connectivity index (χ1n) is 6.54. The van der Waals surface area contributed by atoms with Crippen molar-refractivity contribution in [3.63, 3.8) is 0 Å². The van der Waals surface area contributed by atoms with Gasteiger partial charge in [0.15, 0.2) is 0 Å². The molecule has 0 spiro atoms. The lowest BCUT2D eigenvalue weighted by Gasteiger charge is -2.41. The molecule has 1 unspecified atom stereocenters. The van der Waals surface area contributed by atoms with Crippen molar-refractivity contribution in [1.82, 2.24) is 5.32 Å². The summed E-state index contributed by atoms with van der Waals surface area (Å²) in [6, 6.07) is 0.145. The summed E-state index contributed by atoms with van der Waals surface area (Å²) < 4.78 is 5.43. The molecule has 17 heavy (non-hydrogen) atoms. The fourth-order valence-electron chi connectivity index (χ4n) is 2.75. The maximum Gasteiger partial charge on any atom is 0.249 e. The number of amides is 1. The Morgan fingerprint density at radius 2 is 1.71 bits per heavy atom. The van der Waals surface area contributed by atoms with E-state index < -0.39 is 0 Å². The molecule has 1 fully saturated rings. The van der Waals surface area contributed by atoms with E-state index in [0.717, 1.165) is 12.8 Å². The Bertz CT molecular complexity index is 253. The van der Waals surface area contributed by atoms with Crippen LogP contribution in [0.4, 0.5) is 0 Å². The van der Waals surface area contributed by atoms with Crippen molar-refractivity contribution in [3.05, 3.63) is 0 Å². The molecule has 1 atom stereocenters. The molecule has 1 aliphatic rings. The second kappa shape index (κ2) is 4.97. The van der Waals surface area contributed by atoms with Crippen LogP contribution in [0.1, 0.15) is 54.4 Å². The molecule has 1 saturated heterocycles. The van der Waals surface area contributed by atoms with Crippen LogP contribution in [0.25, 0.3) is 0 Å². The summed E-state index contributed by atoms with van der Waals surface area (Å²) in [5.74, 6) is 0.0531. The van der Waals surface area contributed by atoms with E-state index in [9.17, 15) is 4.79 Å². The van der Waals surface area contributed by atoms with E-state index in [4.69, 9.17) is 4.74 Å². The number of rotatable bonds is 2. The van der Waals surface area contributed by atoms with Gasteiger partial charge in [-0.05, 0) is 23.7 Å². The van der Waals surface area contributed by atoms with Gasteiger partial charge in [-0.3, -0.25) is 4.79 Å². The highest BCUT2D eigenvalue weighted by atomic mass is 16.5. The fraction of sp³-hybridized carbons (Fsp3) is 0.929. The van der Waals surface area contributed by atoms with Crippen LogP contribution >= 0.6 is 0 Å². The topological polar surface area (TPSA) is 38.3 Å². The van der Waals surface area contributed by atoms with Gasteiger partial charge in [-0.2, -0.15) is 0 Å². The van der Waals surface area contributed by atoms with Crippen LogP contribution in [0.15, 0.2) is 0 Å².